The minimum Gasteiger partial charge on any atom is -0.508 e. The fraction of sp³-hybridized carbons (Fsp3) is 0.0714. The number of ether oxygens (including phenoxy) is 1. The summed E-state index contributed by atoms with van der Waals surface area (Å²) in [5.41, 5.74) is 0.282. The van der Waals surface area contributed by atoms with Crippen molar-refractivity contribution in [3.05, 3.63) is 59.4 Å². The van der Waals surface area contributed by atoms with Gasteiger partial charge in [0.1, 0.15) is 12.4 Å². The molecule has 5 heteroatoms. The molecule has 0 aliphatic rings. The number of carbonyl (C=O) groups is 1. The summed E-state index contributed by atoms with van der Waals surface area (Å²) in [4.78, 5) is 11.0. The zero-order valence-corrected chi connectivity index (χ0v) is 9.84. The predicted molar refractivity (Wildman–Crippen MR) is 65.8 cm³/mol. The van der Waals surface area contributed by atoms with Gasteiger partial charge in [-0.05, 0) is 24.3 Å². The molecule has 98 valence electrons. The molecule has 0 heterocycles. The molecule has 0 aliphatic carbocycles. The maximum atomic E-state index is 13.3. The summed E-state index contributed by atoms with van der Waals surface area (Å²) in [7, 11) is 0. The summed E-state index contributed by atoms with van der Waals surface area (Å²) < 4.78 is 18.6. The van der Waals surface area contributed by atoms with E-state index in [2.05, 4.69) is 0 Å². The third kappa shape index (κ3) is 3.01. The van der Waals surface area contributed by atoms with Crippen molar-refractivity contribution in [1.29, 1.82) is 0 Å². The lowest BCUT2D eigenvalue weighted by Gasteiger charge is -2.09. The van der Waals surface area contributed by atoms with Crippen LogP contribution in [-0.4, -0.2) is 16.2 Å². The second-order valence-electron chi connectivity index (χ2n) is 3.87. The van der Waals surface area contributed by atoms with Crippen LogP contribution in [0.3, 0.4) is 0 Å². The van der Waals surface area contributed by atoms with Gasteiger partial charge in [-0.2, -0.15) is 0 Å². The van der Waals surface area contributed by atoms with E-state index in [1.807, 2.05) is 0 Å². The molecule has 4 nitrogen and oxygen atoms in total. The molecule has 0 unspecified atom stereocenters. The van der Waals surface area contributed by atoms with Gasteiger partial charge in [0.15, 0.2) is 11.6 Å². The summed E-state index contributed by atoms with van der Waals surface area (Å²) in [5.74, 6) is -1.79. The van der Waals surface area contributed by atoms with Gasteiger partial charge in [-0.3, -0.25) is 0 Å². The number of halogens is 1. The zero-order chi connectivity index (χ0) is 13.8. The summed E-state index contributed by atoms with van der Waals surface area (Å²) >= 11 is 0. The first-order chi connectivity index (χ1) is 9.08. The minimum atomic E-state index is -1.18. The van der Waals surface area contributed by atoms with Crippen LogP contribution in [0.15, 0.2) is 42.5 Å². The molecule has 0 saturated heterocycles. The standard InChI is InChI=1S/C14H11FO4/c15-12-3-1-2-4-13(12)19-8-9-5-6-10(16)7-11(9)14(17)18/h1-7,16H,8H2,(H,17,18). The van der Waals surface area contributed by atoms with Crippen LogP contribution >= 0.6 is 0 Å². The fourth-order valence-electron chi connectivity index (χ4n) is 1.61. The zero-order valence-electron chi connectivity index (χ0n) is 9.84. The van der Waals surface area contributed by atoms with Crippen LogP contribution in [0, 0.1) is 5.82 Å². The predicted octanol–water partition coefficient (Wildman–Crippen LogP) is 2.81. The summed E-state index contributed by atoms with van der Waals surface area (Å²) in [6, 6.07) is 9.77. The maximum absolute atomic E-state index is 13.3. The monoisotopic (exact) mass is 262 g/mol. The van der Waals surface area contributed by atoms with Gasteiger partial charge in [-0.15, -0.1) is 0 Å². The summed E-state index contributed by atoms with van der Waals surface area (Å²) in [5, 5.41) is 18.3. The van der Waals surface area contributed by atoms with E-state index in [4.69, 9.17) is 9.84 Å². The molecule has 19 heavy (non-hydrogen) atoms. The molecular weight excluding hydrogens is 251 g/mol. The Labute approximate surface area is 108 Å². The molecule has 2 aromatic carbocycles. The van der Waals surface area contributed by atoms with E-state index in [0.29, 0.717) is 5.56 Å². The number of para-hydroxylation sites is 1. The van der Waals surface area contributed by atoms with E-state index < -0.39 is 11.8 Å². The van der Waals surface area contributed by atoms with E-state index in [1.165, 1.54) is 30.3 Å². The van der Waals surface area contributed by atoms with Gasteiger partial charge in [0.25, 0.3) is 0 Å². The molecule has 2 aromatic rings. The normalized spacial score (nSPS) is 10.2. The first-order valence-electron chi connectivity index (χ1n) is 5.50. The van der Waals surface area contributed by atoms with Gasteiger partial charge in [0.05, 0.1) is 5.56 Å². The summed E-state index contributed by atoms with van der Waals surface area (Å²) in [6.45, 7) is -0.0944. The van der Waals surface area contributed by atoms with E-state index in [9.17, 15) is 14.3 Å². The molecule has 0 aromatic heterocycles. The third-order valence-corrected chi connectivity index (χ3v) is 2.54. The van der Waals surface area contributed by atoms with Crippen molar-refractivity contribution in [1.82, 2.24) is 0 Å². The lowest BCUT2D eigenvalue weighted by molar-refractivity contribution is 0.0693. The van der Waals surface area contributed by atoms with Crippen LogP contribution in [0.25, 0.3) is 0 Å². The fourth-order valence-corrected chi connectivity index (χ4v) is 1.61. The van der Waals surface area contributed by atoms with Gasteiger partial charge < -0.3 is 14.9 Å². The quantitative estimate of drug-likeness (QED) is 0.889. The molecule has 0 atom stereocenters. The first-order valence-corrected chi connectivity index (χ1v) is 5.50. The van der Waals surface area contributed by atoms with E-state index >= 15 is 0 Å². The second kappa shape index (κ2) is 5.39. The number of aromatic carboxylic acids is 1. The topological polar surface area (TPSA) is 66.8 Å². The van der Waals surface area contributed by atoms with Crippen molar-refractivity contribution >= 4 is 5.97 Å². The molecule has 0 radical (unpaired) electrons. The lowest BCUT2D eigenvalue weighted by Crippen LogP contribution is -2.06. The van der Waals surface area contributed by atoms with Crippen LogP contribution < -0.4 is 4.74 Å². The first kappa shape index (κ1) is 12.9. The number of carboxylic acid groups (broad SMARTS) is 1. The Balaban J connectivity index is 2.20. The average Bonchev–Trinajstić information content (AvgIpc) is 2.38. The van der Waals surface area contributed by atoms with Crippen LogP contribution in [0.1, 0.15) is 15.9 Å². The largest absolute Gasteiger partial charge is 0.508 e. The molecule has 0 fully saturated rings. The van der Waals surface area contributed by atoms with Crippen molar-refractivity contribution in [2.45, 2.75) is 6.61 Å². The Bertz CT molecular complexity index is 610. The van der Waals surface area contributed by atoms with Crippen LogP contribution in [0.4, 0.5) is 4.39 Å². The Kier molecular flexibility index (Phi) is 3.66. The van der Waals surface area contributed by atoms with Crippen molar-refractivity contribution < 1.29 is 24.1 Å². The van der Waals surface area contributed by atoms with Crippen LogP contribution in [-0.2, 0) is 6.61 Å². The molecule has 0 saturated carbocycles. The highest BCUT2D eigenvalue weighted by Gasteiger charge is 2.12. The third-order valence-electron chi connectivity index (χ3n) is 2.54. The van der Waals surface area contributed by atoms with Crippen LogP contribution in [0.2, 0.25) is 0 Å². The average molecular weight is 262 g/mol. The van der Waals surface area contributed by atoms with Gasteiger partial charge >= 0.3 is 5.97 Å². The molecule has 0 aliphatic heterocycles. The van der Waals surface area contributed by atoms with Gasteiger partial charge in [-0.25, -0.2) is 9.18 Å². The number of carboxylic acids is 1. The van der Waals surface area contributed by atoms with Crippen molar-refractivity contribution in [3.8, 4) is 11.5 Å². The van der Waals surface area contributed by atoms with Gasteiger partial charge in [-0.1, -0.05) is 18.2 Å². The minimum absolute atomic E-state index is 0.0481. The highest BCUT2D eigenvalue weighted by atomic mass is 19.1. The highest BCUT2D eigenvalue weighted by Crippen LogP contribution is 2.21. The van der Waals surface area contributed by atoms with Crippen molar-refractivity contribution in [2.75, 3.05) is 0 Å². The number of hydrogen-bond acceptors (Lipinski definition) is 3. The van der Waals surface area contributed by atoms with Gasteiger partial charge in [0.2, 0.25) is 0 Å². The lowest BCUT2D eigenvalue weighted by atomic mass is 10.1. The molecule has 0 bridgehead atoms. The number of benzene rings is 2. The van der Waals surface area contributed by atoms with E-state index in [-0.39, 0.29) is 23.7 Å². The molecular formula is C14H11FO4. The maximum Gasteiger partial charge on any atom is 0.336 e. The van der Waals surface area contributed by atoms with Crippen LogP contribution in [0.5, 0.6) is 11.5 Å². The van der Waals surface area contributed by atoms with E-state index in [1.54, 1.807) is 6.07 Å². The molecule has 0 spiro atoms. The van der Waals surface area contributed by atoms with Gasteiger partial charge in [0, 0.05) is 5.56 Å². The smallest absolute Gasteiger partial charge is 0.336 e. The Morgan fingerprint density at radius 2 is 1.95 bits per heavy atom. The second-order valence-corrected chi connectivity index (χ2v) is 3.87. The number of hydrogen-bond donors (Lipinski definition) is 2. The number of aromatic hydroxyl groups is 1. The number of rotatable bonds is 4. The summed E-state index contributed by atoms with van der Waals surface area (Å²) in [6.07, 6.45) is 0. The Morgan fingerprint density at radius 1 is 1.21 bits per heavy atom. The SMILES string of the molecule is O=C(O)c1cc(O)ccc1COc1ccccc1F. The Hall–Kier alpha value is -2.56. The number of phenols is 1. The highest BCUT2D eigenvalue weighted by molar-refractivity contribution is 5.89. The molecule has 2 rings (SSSR count). The number of phenolic OH excluding ortho intramolecular Hbond substituents is 1. The van der Waals surface area contributed by atoms with Crippen molar-refractivity contribution in [3.63, 3.8) is 0 Å². The van der Waals surface area contributed by atoms with E-state index in [0.717, 1.165) is 6.07 Å². The van der Waals surface area contributed by atoms with Crippen molar-refractivity contribution in [2.24, 2.45) is 0 Å². The molecule has 2 N–H and O–H groups in total. The molecule has 0 amide bonds. The Morgan fingerprint density at radius 3 is 2.63 bits per heavy atom.